The number of nitrogens with zero attached hydrogens (tertiary/aromatic N) is 1. The summed E-state index contributed by atoms with van der Waals surface area (Å²) in [5, 5.41) is 10.0. The van der Waals surface area contributed by atoms with Crippen LogP contribution < -0.4 is 18.6 Å². The lowest BCUT2D eigenvalue weighted by Gasteiger charge is -2.29. The Morgan fingerprint density at radius 1 is 0.857 bits per heavy atom. The van der Waals surface area contributed by atoms with Crippen molar-refractivity contribution in [3.63, 3.8) is 0 Å². The summed E-state index contributed by atoms with van der Waals surface area (Å²) >= 11 is 0. The van der Waals surface area contributed by atoms with Gasteiger partial charge in [0.2, 0.25) is 0 Å². The molecule has 0 aliphatic rings. The largest absolute Gasteiger partial charge is 0.222 e. The fourth-order valence-corrected chi connectivity index (χ4v) is 1.82. The summed E-state index contributed by atoms with van der Waals surface area (Å²) in [5.41, 5.74) is 0. The highest BCUT2D eigenvalue weighted by Gasteiger charge is 2.22. The van der Waals surface area contributed by atoms with Gasteiger partial charge in [-0.3, -0.25) is 0 Å². The second kappa shape index (κ2) is 12.6. The van der Waals surface area contributed by atoms with Crippen LogP contribution in [0.15, 0.2) is 0 Å². The molecule has 0 aliphatic heterocycles. The number of halogens is 1. The van der Waals surface area contributed by atoms with Gasteiger partial charge < -0.3 is 0 Å². The van der Waals surface area contributed by atoms with Gasteiger partial charge in [-0.2, -0.15) is 4.65 Å². The quantitative estimate of drug-likeness (QED) is 0.333. The molecule has 0 amide bonds. The summed E-state index contributed by atoms with van der Waals surface area (Å²) in [6.45, 7) is 7.30. The van der Waals surface area contributed by atoms with Crippen LogP contribution in [-0.2, 0) is 0 Å². The molecule has 0 fully saturated rings. The van der Waals surface area contributed by atoms with Crippen molar-refractivity contribution in [1.82, 2.24) is 0 Å². The molecule has 1 unspecified atom stereocenters. The Bertz CT molecular complexity index is 226. The maximum absolute atomic E-state index is 10.0. The molecular weight excluding hydrogens is 298 g/mol. The highest BCUT2D eigenvalue weighted by Crippen LogP contribution is 2.11. The minimum atomic E-state index is -4.94. The standard InChI is InChI=1S/C14H32NO.ClHO4/c1-5-6-7-8-9-10-11-12-13-15(4,16)14(2)3;2-1(3,4)5/h14,16H,5-13H2,1-4H3;(H,2,3,4,5)/q+1;/p-1. The van der Waals surface area contributed by atoms with E-state index in [9.17, 15) is 5.21 Å². The summed E-state index contributed by atoms with van der Waals surface area (Å²) in [6.07, 6.45) is 10.6. The minimum absolute atomic E-state index is 0.176. The summed E-state index contributed by atoms with van der Waals surface area (Å²) in [7, 11) is -3.04. The normalized spacial score (nSPS) is 14.6. The molecule has 1 N–H and O–H groups in total. The van der Waals surface area contributed by atoms with Gasteiger partial charge >= 0.3 is 0 Å². The number of hydroxylamine groups is 3. The van der Waals surface area contributed by atoms with Gasteiger partial charge in [0.05, 0.1) is 7.05 Å². The Balaban J connectivity index is 0. The van der Waals surface area contributed by atoms with Gasteiger partial charge in [-0.1, -0.05) is 45.4 Å². The van der Waals surface area contributed by atoms with Crippen LogP contribution in [0.25, 0.3) is 0 Å². The molecule has 0 saturated carbocycles. The summed E-state index contributed by atoms with van der Waals surface area (Å²) < 4.78 is 34.1. The van der Waals surface area contributed by atoms with Crippen LogP contribution in [0.5, 0.6) is 0 Å². The van der Waals surface area contributed by atoms with Crippen LogP contribution >= 0.6 is 0 Å². The van der Waals surface area contributed by atoms with Crippen LogP contribution in [-0.4, -0.2) is 29.5 Å². The number of hydrogen-bond acceptors (Lipinski definition) is 5. The Labute approximate surface area is 131 Å². The van der Waals surface area contributed by atoms with E-state index in [0.29, 0.717) is 6.04 Å². The van der Waals surface area contributed by atoms with Crippen LogP contribution in [0.4, 0.5) is 0 Å². The van der Waals surface area contributed by atoms with Crippen molar-refractivity contribution in [2.24, 2.45) is 0 Å². The topological polar surface area (TPSA) is 112 Å². The van der Waals surface area contributed by atoms with E-state index in [-0.39, 0.29) is 4.65 Å². The average molecular weight is 330 g/mol. The van der Waals surface area contributed by atoms with E-state index in [0.717, 1.165) is 13.0 Å². The molecule has 0 bridgehead atoms. The molecule has 0 radical (unpaired) electrons. The van der Waals surface area contributed by atoms with Gasteiger partial charge in [0, 0.05) is 0 Å². The maximum atomic E-state index is 10.0. The third-order valence-electron chi connectivity index (χ3n) is 3.58. The lowest BCUT2D eigenvalue weighted by Crippen LogP contribution is -2.68. The molecule has 0 aromatic rings. The molecule has 0 saturated heterocycles. The predicted molar refractivity (Wildman–Crippen MR) is 70.6 cm³/mol. The molecule has 0 aromatic carbocycles. The first kappa shape index (κ1) is 23.3. The maximum Gasteiger partial charge on any atom is 0.113 e. The molecule has 1 atom stereocenters. The van der Waals surface area contributed by atoms with Gasteiger partial charge in [0.1, 0.15) is 12.6 Å². The highest BCUT2D eigenvalue weighted by atomic mass is 35.7. The monoisotopic (exact) mass is 329 g/mol. The number of quaternary nitrogens is 1. The molecule has 0 heterocycles. The van der Waals surface area contributed by atoms with Crippen LogP contribution in [0, 0.1) is 10.2 Å². The Morgan fingerprint density at radius 2 is 1.19 bits per heavy atom. The zero-order valence-corrected chi connectivity index (χ0v) is 14.6. The number of unbranched alkanes of at least 4 members (excludes halogenated alkanes) is 7. The van der Waals surface area contributed by atoms with E-state index in [1.165, 1.54) is 44.9 Å². The molecule has 6 nitrogen and oxygen atoms in total. The van der Waals surface area contributed by atoms with Gasteiger partial charge in [-0.15, -0.1) is 10.2 Å². The predicted octanol–water partition coefficient (Wildman–Crippen LogP) is -0.385. The minimum Gasteiger partial charge on any atom is -0.222 e. The molecule has 0 spiro atoms. The van der Waals surface area contributed by atoms with Crippen LogP contribution in [0.1, 0.15) is 72.1 Å². The van der Waals surface area contributed by atoms with E-state index in [2.05, 4.69) is 20.8 Å². The van der Waals surface area contributed by atoms with Crippen molar-refractivity contribution in [3.8, 4) is 0 Å². The molecule has 130 valence electrons. The van der Waals surface area contributed by atoms with Crippen molar-refractivity contribution in [2.45, 2.75) is 78.2 Å². The van der Waals surface area contributed by atoms with Crippen molar-refractivity contribution < 1.29 is 38.7 Å². The molecule has 0 rings (SSSR count). The van der Waals surface area contributed by atoms with E-state index in [4.69, 9.17) is 18.6 Å². The zero-order valence-electron chi connectivity index (χ0n) is 13.8. The number of hydrogen-bond donors (Lipinski definition) is 1. The lowest BCUT2D eigenvalue weighted by molar-refractivity contribution is -2.00. The Kier molecular flexibility index (Phi) is 14.0. The molecular formula is C14H32ClNO5. The first-order valence-electron chi connectivity index (χ1n) is 7.70. The lowest BCUT2D eigenvalue weighted by atomic mass is 10.1. The fourth-order valence-electron chi connectivity index (χ4n) is 1.82. The van der Waals surface area contributed by atoms with E-state index in [1.807, 2.05) is 7.05 Å². The SMILES string of the molecule is CCCCCCCCCC[N+](C)(O)C(C)C.[O-][Cl+3]([O-])([O-])[O-]. The van der Waals surface area contributed by atoms with Gasteiger partial charge in [-0.05, 0) is 26.7 Å². The van der Waals surface area contributed by atoms with E-state index < -0.39 is 10.2 Å². The van der Waals surface area contributed by atoms with Crippen molar-refractivity contribution in [1.29, 1.82) is 0 Å². The third kappa shape index (κ3) is 22.5. The third-order valence-corrected chi connectivity index (χ3v) is 3.58. The van der Waals surface area contributed by atoms with E-state index in [1.54, 1.807) is 0 Å². The van der Waals surface area contributed by atoms with E-state index >= 15 is 0 Å². The van der Waals surface area contributed by atoms with Crippen LogP contribution in [0.2, 0.25) is 0 Å². The average Bonchev–Trinajstić information content (AvgIpc) is 2.30. The van der Waals surface area contributed by atoms with Crippen molar-refractivity contribution >= 4 is 0 Å². The fraction of sp³-hybridized carbons (Fsp3) is 1.00. The summed E-state index contributed by atoms with van der Waals surface area (Å²) in [4.78, 5) is 0. The molecule has 0 aliphatic carbocycles. The Hall–Kier alpha value is 0.0500. The number of rotatable bonds is 10. The first-order valence-corrected chi connectivity index (χ1v) is 8.94. The van der Waals surface area contributed by atoms with Gasteiger partial charge in [0.25, 0.3) is 0 Å². The van der Waals surface area contributed by atoms with Crippen molar-refractivity contribution in [3.05, 3.63) is 0 Å². The van der Waals surface area contributed by atoms with Crippen LogP contribution in [0.3, 0.4) is 0 Å². The molecule has 21 heavy (non-hydrogen) atoms. The molecule has 7 heteroatoms. The smallest absolute Gasteiger partial charge is 0.113 e. The first-order chi connectivity index (χ1) is 9.50. The van der Waals surface area contributed by atoms with Gasteiger partial charge in [-0.25, -0.2) is 23.8 Å². The van der Waals surface area contributed by atoms with Gasteiger partial charge in [0.15, 0.2) is 0 Å². The second-order valence-corrected chi connectivity index (χ2v) is 6.64. The zero-order chi connectivity index (χ0) is 16.9. The summed E-state index contributed by atoms with van der Waals surface area (Å²) in [5.74, 6) is 0. The second-order valence-electron chi connectivity index (χ2n) is 5.88. The van der Waals surface area contributed by atoms with Crippen molar-refractivity contribution in [2.75, 3.05) is 13.6 Å². The highest BCUT2D eigenvalue weighted by molar-refractivity contribution is 4.46. The Morgan fingerprint density at radius 3 is 1.52 bits per heavy atom. The molecule has 0 aromatic heterocycles. The summed E-state index contributed by atoms with van der Waals surface area (Å²) in [6, 6.07) is 0.310.